The Morgan fingerprint density at radius 1 is 1.22 bits per heavy atom. The number of carbonyl (C=O) groups is 1. The van der Waals surface area contributed by atoms with Gasteiger partial charge in [-0.25, -0.2) is 13.1 Å². The molecule has 0 radical (unpaired) electrons. The molecule has 2 rings (SSSR count). The quantitative estimate of drug-likeness (QED) is 0.783. The molecule has 2 N–H and O–H groups in total. The summed E-state index contributed by atoms with van der Waals surface area (Å²) in [5, 5.41) is 11.9. The van der Waals surface area contributed by atoms with Crippen molar-refractivity contribution in [3.63, 3.8) is 0 Å². The van der Waals surface area contributed by atoms with E-state index in [4.69, 9.17) is 0 Å². The maximum atomic E-state index is 12.1. The largest absolute Gasteiger partial charge is 0.296 e. The zero-order chi connectivity index (χ0) is 16.9. The topological polar surface area (TPSA) is 101 Å². The van der Waals surface area contributed by atoms with Crippen molar-refractivity contribution in [3.05, 3.63) is 40.4 Å². The van der Waals surface area contributed by atoms with E-state index in [1.54, 1.807) is 24.3 Å². The molecule has 1 heterocycles. The third kappa shape index (κ3) is 5.70. The Bertz CT molecular complexity index is 770. The standard InChI is InChI=1S/C14H18N4O3S2/c1-3-12-17-18-14(22-12)16-13(19)11-6-4-10(5-7-11)8-9-15-23(2,20)21/h4-7,15H,3,8-9H2,1-2H3,(H,16,18,19). The van der Waals surface area contributed by atoms with Crippen LogP contribution in [0.5, 0.6) is 0 Å². The zero-order valence-corrected chi connectivity index (χ0v) is 14.5. The number of carbonyl (C=O) groups excluding carboxylic acids is 1. The van der Waals surface area contributed by atoms with Gasteiger partial charge in [-0.2, -0.15) is 0 Å². The van der Waals surface area contributed by atoms with Gasteiger partial charge in [0.15, 0.2) is 0 Å². The first kappa shape index (κ1) is 17.5. The smallest absolute Gasteiger partial charge is 0.257 e. The lowest BCUT2D eigenvalue weighted by Gasteiger charge is -2.05. The SMILES string of the molecule is CCc1nnc(NC(=O)c2ccc(CCNS(C)(=O)=O)cc2)s1. The lowest BCUT2D eigenvalue weighted by atomic mass is 10.1. The summed E-state index contributed by atoms with van der Waals surface area (Å²) < 4.78 is 24.4. The first-order valence-corrected chi connectivity index (χ1v) is 9.75. The Labute approximate surface area is 139 Å². The minimum Gasteiger partial charge on any atom is -0.296 e. The average molecular weight is 354 g/mol. The van der Waals surface area contributed by atoms with Crippen molar-refractivity contribution < 1.29 is 13.2 Å². The van der Waals surface area contributed by atoms with Crippen LogP contribution in [0.2, 0.25) is 0 Å². The zero-order valence-electron chi connectivity index (χ0n) is 12.9. The van der Waals surface area contributed by atoms with Gasteiger partial charge in [-0.1, -0.05) is 30.4 Å². The second-order valence-corrected chi connectivity index (χ2v) is 7.82. The fourth-order valence-electron chi connectivity index (χ4n) is 1.82. The molecule has 1 aromatic carbocycles. The van der Waals surface area contributed by atoms with Gasteiger partial charge in [-0.15, -0.1) is 10.2 Å². The van der Waals surface area contributed by atoms with Gasteiger partial charge in [0.1, 0.15) is 5.01 Å². The summed E-state index contributed by atoms with van der Waals surface area (Å²) in [7, 11) is -3.18. The minimum absolute atomic E-state index is 0.246. The van der Waals surface area contributed by atoms with Crippen molar-refractivity contribution in [1.82, 2.24) is 14.9 Å². The molecule has 0 saturated heterocycles. The van der Waals surface area contributed by atoms with E-state index in [0.29, 0.717) is 23.7 Å². The van der Waals surface area contributed by atoms with Gasteiger partial charge < -0.3 is 0 Å². The summed E-state index contributed by atoms with van der Waals surface area (Å²) in [5.74, 6) is -0.246. The maximum absolute atomic E-state index is 12.1. The van der Waals surface area contributed by atoms with E-state index in [2.05, 4.69) is 20.2 Å². The number of amides is 1. The molecule has 0 aliphatic carbocycles. The van der Waals surface area contributed by atoms with Crippen molar-refractivity contribution in [1.29, 1.82) is 0 Å². The molecule has 1 aromatic heterocycles. The molecule has 0 saturated carbocycles. The van der Waals surface area contributed by atoms with Crippen LogP contribution in [0.3, 0.4) is 0 Å². The van der Waals surface area contributed by atoms with Gasteiger partial charge >= 0.3 is 0 Å². The van der Waals surface area contributed by atoms with E-state index in [-0.39, 0.29) is 5.91 Å². The molecule has 0 aliphatic rings. The monoisotopic (exact) mass is 354 g/mol. The van der Waals surface area contributed by atoms with Gasteiger partial charge in [0, 0.05) is 12.1 Å². The lowest BCUT2D eigenvalue weighted by Crippen LogP contribution is -2.24. The van der Waals surface area contributed by atoms with Crippen molar-refractivity contribution in [2.24, 2.45) is 0 Å². The molecule has 7 nitrogen and oxygen atoms in total. The fraction of sp³-hybridized carbons (Fsp3) is 0.357. The number of aromatic nitrogens is 2. The van der Waals surface area contributed by atoms with Crippen molar-refractivity contribution in [2.75, 3.05) is 18.1 Å². The number of hydrogen-bond donors (Lipinski definition) is 2. The highest BCUT2D eigenvalue weighted by Crippen LogP contribution is 2.16. The number of hydrogen-bond acceptors (Lipinski definition) is 6. The van der Waals surface area contributed by atoms with E-state index in [9.17, 15) is 13.2 Å². The predicted molar refractivity (Wildman–Crippen MR) is 90.2 cm³/mol. The molecular weight excluding hydrogens is 336 g/mol. The third-order valence-electron chi connectivity index (χ3n) is 2.98. The van der Waals surface area contributed by atoms with E-state index in [1.807, 2.05) is 6.92 Å². The summed E-state index contributed by atoms with van der Waals surface area (Å²) >= 11 is 1.35. The van der Waals surface area contributed by atoms with Gasteiger partial charge in [-0.05, 0) is 30.5 Å². The molecule has 0 unspecified atom stereocenters. The lowest BCUT2D eigenvalue weighted by molar-refractivity contribution is 0.102. The maximum Gasteiger partial charge on any atom is 0.257 e. The van der Waals surface area contributed by atoms with E-state index in [1.165, 1.54) is 11.3 Å². The molecule has 1 amide bonds. The number of aryl methyl sites for hydroxylation is 1. The van der Waals surface area contributed by atoms with Crippen LogP contribution in [0, 0.1) is 0 Å². The Morgan fingerprint density at radius 2 is 1.91 bits per heavy atom. The van der Waals surface area contributed by atoms with Gasteiger partial charge in [0.2, 0.25) is 15.2 Å². The molecule has 23 heavy (non-hydrogen) atoms. The first-order valence-electron chi connectivity index (χ1n) is 7.04. The summed E-state index contributed by atoms with van der Waals surface area (Å²) in [6.07, 6.45) is 2.47. The van der Waals surface area contributed by atoms with Crippen LogP contribution in [-0.4, -0.2) is 37.3 Å². The highest BCUT2D eigenvalue weighted by molar-refractivity contribution is 7.88. The molecular formula is C14H18N4O3S2. The normalized spacial score (nSPS) is 11.4. The number of rotatable bonds is 7. The third-order valence-corrected chi connectivity index (χ3v) is 4.70. The van der Waals surface area contributed by atoms with Crippen LogP contribution in [0.4, 0.5) is 5.13 Å². The number of sulfonamides is 1. The van der Waals surface area contributed by atoms with Crippen LogP contribution in [0.25, 0.3) is 0 Å². The Kier molecular flexibility index (Phi) is 5.80. The fourth-order valence-corrected chi connectivity index (χ4v) is 2.97. The second kappa shape index (κ2) is 7.62. The highest BCUT2D eigenvalue weighted by atomic mass is 32.2. The summed E-state index contributed by atoms with van der Waals surface area (Å²) in [6.45, 7) is 2.30. The van der Waals surface area contributed by atoms with Crippen molar-refractivity contribution in [3.8, 4) is 0 Å². The molecule has 2 aromatic rings. The Balaban J connectivity index is 1.91. The van der Waals surface area contributed by atoms with Crippen LogP contribution in [-0.2, 0) is 22.9 Å². The van der Waals surface area contributed by atoms with Crippen molar-refractivity contribution in [2.45, 2.75) is 19.8 Å². The highest BCUT2D eigenvalue weighted by Gasteiger charge is 2.09. The Morgan fingerprint density at radius 3 is 2.48 bits per heavy atom. The van der Waals surface area contributed by atoms with Crippen LogP contribution in [0.1, 0.15) is 27.9 Å². The summed E-state index contributed by atoms with van der Waals surface area (Å²) in [4.78, 5) is 12.1. The second-order valence-electron chi connectivity index (χ2n) is 4.92. The van der Waals surface area contributed by atoms with Gasteiger partial charge in [-0.3, -0.25) is 10.1 Å². The van der Waals surface area contributed by atoms with E-state index in [0.717, 1.165) is 23.2 Å². The molecule has 0 spiro atoms. The average Bonchev–Trinajstić information content (AvgIpc) is 2.94. The predicted octanol–water partition coefficient (Wildman–Crippen LogP) is 1.44. The first-order chi connectivity index (χ1) is 10.9. The molecule has 0 bridgehead atoms. The number of nitrogens with one attached hydrogen (secondary N) is 2. The number of benzene rings is 1. The van der Waals surface area contributed by atoms with Crippen LogP contribution < -0.4 is 10.0 Å². The molecule has 0 atom stereocenters. The van der Waals surface area contributed by atoms with E-state index >= 15 is 0 Å². The molecule has 9 heteroatoms. The molecule has 0 aliphatic heterocycles. The van der Waals surface area contributed by atoms with Gasteiger partial charge in [0.25, 0.3) is 5.91 Å². The van der Waals surface area contributed by atoms with Crippen molar-refractivity contribution >= 4 is 32.4 Å². The molecule has 124 valence electrons. The molecule has 0 fully saturated rings. The van der Waals surface area contributed by atoms with Crippen LogP contribution in [0.15, 0.2) is 24.3 Å². The number of nitrogens with zero attached hydrogens (tertiary/aromatic N) is 2. The number of anilines is 1. The van der Waals surface area contributed by atoms with Gasteiger partial charge in [0.05, 0.1) is 6.26 Å². The van der Waals surface area contributed by atoms with Crippen LogP contribution >= 0.6 is 11.3 Å². The Hall–Kier alpha value is -1.84. The minimum atomic E-state index is -3.18. The van der Waals surface area contributed by atoms with E-state index < -0.39 is 10.0 Å². The summed E-state index contributed by atoms with van der Waals surface area (Å²) in [5.41, 5.74) is 1.46. The summed E-state index contributed by atoms with van der Waals surface area (Å²) in [6, 6.07) is 7.01.